The van der Waals surface area contributed by atoms with E-state index in [0.29, 0.717) is 0 Å². The molecule has 0 radical (unpaired) electrons. The molecule has 0 saturated heterocycles. The van der Waals surface area contributed by atoms with Crippen molar-refractivity contribution < 1.29 is 8.78 Å². The lowest BCUT2D eigenvalue weighted by molar-refractivity contribution is 0.616. The van der Waals surface area contributed by atoms with E-state index in [1.54, 1.807) is 0 Å². The van der Waals surface area contributed by atoms with Crippen LogP contribution >= 0.6 is 0 Å². The van der Waals surface area contributed by atoms with E-state index < -0.39 is 11.6 Å². The monoisotopic (exact) mass is 240 g/mol. The summed E-state index contributed by atoms with van der Waals surface area (Å²) < 4.78 is 27.4. The number of nitriles is 2. The molecule has 2 aromatic rings. The van der Waals surface area contributed by atoms with Crippen LogP contribution in [0.1, 0.15) is 11.1 Å². The normalized spacial score (nSPS) is 9.56. The molecule has 0 aliphatic carbocycles. The van der Waals surface area contributed by atoms with Crippen molar-refractivity contribution in [3.8, 4) is 23.3 Å². The van der Waals surface area contributed by atoms with E-state index >= 15 is 0 Å². The van der Waals surface area contributed by atoms with Gasteiger partial charge in [-0.2, -0.15) is 10.5 Å². The maximum absolute atomic E-state index is 13.7. The van der Waals surface area contributed by atoms with Gasteiger partial charge < -0.3 is 0 Å². The molecule has 0 heterocycles. The van der Waals surface area contributed by atoms with Crippen molar-refractivity contribution in [2.24, 2.45) is 0 Å². The van der Waals surface area contributed by atoms with Gasteiger partial charge in [0.15, 0.2) is 0 Å². The topological polar surface area (TPSA) is 47.6 Å². The van der Waals surface area contributed by atoms with Gasteiger partial charge in [-0.3, -0.25) is 0 Å². The Bertz CT molecular complexity index is 694. The molecule has 2 aromatic carbocycles. The molecule has 0 saturated carbocycles. The van der Waals surface area contributed by atoms with Gasteiger partial charge in [-0.15, -0.1) is 0 Å². The lowest BCUT2D eigenvalue weighted by atomic mass is 9.98. The summed E-state index contributed by atoms with van der Waals surface area (Å²) in [5.74, 6) is -1.36. The van der Waals surface area contributed by atoms with Gasteiger partial charge in [-0.1, -0.05) is 6.07 Å². The smallest absolute Gasteiger partial charge is 0.132 e. The molecule has 0 unspecified atom stereocenters. The largest absolute Gasteiger partial charge is 0.206 e. The molecule has 0 aromatic heterocycles. The third kappa shape index (κ3) is 1.92. The number of halogens is 2. The summed E-state index contributed by atoms with van der Waals surface area (Å²) in [7, 11) is 0. The first kappa shape index (κ1) is 11.8. The van der Waals surface area contributed by atoms with Crippen LogP contribution < -0.4 is 0 Å². The van der Waals surface area contributed by atoms with Gasteiger partial charge in [0.25, 0.3) is 0 Å². The first-order valence-corrected chi connectivity index (χ1v) is 5.06. The van der Waals surface area contributed by atoms with Crippen LogP contribution in [-0.2, 0) is 0 Å². The molecule has 2 nitrogen and oxygen atoms in total. The van der Waals surface area contributed by atoms with Gasteiger partial charge in [0.2, 0.25) is 0 Å². The standard InChI is InChI=1S/C14H6F2N2/c15-12-5-4-9(7-17)6-11(12)14-10(8-18)2-1-3-13(14)16/h1-6H. The molecule has 86 valence electrons. The Labute approximate surface area is 102 Å². The van der Waals surface area contributed by atoms with Crippen LogP contribution in [0.2, 0.25) is 0 Å². The Morgan fingerprint density at radius 3 is 2.33 bits per heavy atom. The van der Waals surface area contributed by atoms with Crippen LogP contribution in [0.3, 0.4) is 0 Å². The average molecular weight is 240 g/mol. The molecule has 2 rings (SSSR count). The summed E-state index contributed by atoms with van der Waals surface area (Å²) >= 11 is 0. The second-order valence-corrected chi connectivity index (χ2v) is 3.58. The van der Waals surface area contributed by atoms with Crippen molar-refractivity contribution in [1.29, 1.82) is 10.5 Å². The Morgan fingerprint density at radius 2 is 1.67 bits per heavy atom. The molecule has 0 atom stereocenters. The van der Waals surface area contributed by atoms with E-state index in [1.807, 2.05) is 12.1 Å². The predicted molar refractivity (Wildman–Crippen MR) is 61.2 cm³/mol. The molecular formula is C14H6F2N2. The van der Waals surface area contributed by atoms with Gasteiger partial charge >= 0.3 is 0 Å². The molecule has 0 aliphatic heterocycles. The van der Waals surface area contributed by atoms with Gasteiger partial charge in [0.05, 0.1) is 23.3 Å². The minimum absolute atomic E-state index is 0.0315. The molecule has 18 heavy (non-hydrogen) atoms. The molecular weight excluding hydrogens is 234 g/mol. The number of hydrogen-bond acceptors (Lipinski definition) is 2. The average Bonchev–Trinajstić information content (AvgIpc) is 2.39. The van der Waals surface area contributed by atoms with Gasteiger partial charge in [0.1, 0.15) is 11.6 Å². The van der Waals surface area contributed by atoms with Crippen LogP contribution in [-0.4, -0.2) is 0 Å². The minimum atomic E-state index is -0.692. The molecule has 0 N–H and O–H groups in total. The van der Waals surface area contributed by atoms with E-state index in [2.05, 4.69) is 0 Å². The van der Waals surface area contributed by atoms with Crippen LogP contribution in [0.5, 0.6) is 0 Å². The molecule has 0 bridgehead atoms. The van der Waals surface area contributed by atoms with Gasteiger partial charge in [0, 0.05) is 11.1 Å². The summed E-state index contributed by atoms with van der Waals surface area (Å²) in [6.45, 7) is 0. The Morgan fingerprint density at radius 1 is 0.889 bits per heavy atom. The van der Waals surface area contributed by atoms with Crippen molar-refractivity contribution in [2.45, 2.75) is 0 Å². The van der Waals surface area contributed by atoms with Crippen LogP contribution in [0.4, 0.5) is 8.78 Å². The maximum Gasteiger partial charge on any atom is 0.132 e. The number of rotatable bonds is 1. The van der Waals surface area contributed by atoms with Crippen LogP contribution in [0.15, 0.2) is 36.4 Å². The summed E-state index contributed by atoms with van der Waals surface area (Å²) in [6, 6.07) is 11.2. The highest BCUT2D eigenvalue weighted by atomic mass is 19.1. The molecule has 0 aliphatic rings. The lowest BCUT2D eigenvalue weighted by Gasteiger charge is -2.07. The highest BCUT2D eigenvalue weighted by Gasteiger charge is 2.15. The second-order valence-electron chi connectivity index (χ2n) is 3.58. The summed E-state index contributed by atoms with van der Waals surface area (Å²) in [6.07, 6.45) is 0. The van der Waals surface area contributed by atoms with E-state index in [9.17, 15) is 8.78 Å². The zero-order valence-electron chi connectivity index (χ0n) is 9.11. The number of hydrogen-bond donors (Lipinski definition) is 0. The molecule has 4 heteroatoms. The highest BCUT2D eigenvalue weighted by Crippen LogP contribution is 2.29. The number of nitrogens with zero attached hydrogens (tertiary/aromatic N) is 2. The van der Waals surface area contributed by atoms with Crippen molar-refractivity contribution >= 4 is 0 Å². The molecule has 0 fully saturated rings. The van der Waals surface area contributed by atoms with Crippen LogP contribution in [0.25, 0.3) is 11.1 Å². The van der Waals surface area contributed by atoms with Crippen LogP contribution in [0, 0.1) is 34.3 Å². The molecule has 0 amide bonds. The SMILES string of the molecule is N#Cc1ccc(F)c(-c2c(F)cccc2C#N)c1. The first-order chi connectivity index (χ1) is 8.67. The van der Waals surface area contributed by atoms with Crippen molar-refractivity contribution in [3.05, 3.63) is 59.2 Å². The van der Waals surface area contributed by atoms with E-state index in [4.69, 9.17) is 10.5 Å². The summed E-state index contributed by atoms with van der Waals surface area (Å²) in [5, 5.41) is 17.7. The van der Waals surface area contributed by atoms with E-state index in [0.717, 1.165) is 12.1 Å². The summed E-state index contributed by atoms with van der Waals surface area (Å²) in [4.78, 5) is 0. The first-order valence-electron chi connectivity index (χ1n) is 5.06. The second kappa shape index (κ2) is 4.65. The Balaban J connectivity index is 2.78. The lowest BCUT2D eigenvalue weighted by Crippen LogP contribution is -1.93. The fourth-order valence-corrected chi connectivity index (χ4v) is 1.68. The van der Waals surface area contributed by atoms with Gasteiger partial charge in [-0.25, -0.2) is 8.78 Å². The Kier molecular flexibility index (Phi) is 3.03. The predicted octanol–water partition coefficient (Wildman–Crippen LogP) is 3.38. The van der Waals surface area contributed by atoms with E-state index in [-0.39, 0.29) is 22.3 Å². The van der Waals surface area contributed by atoms with Crippen molar-refractivity contribution in [3.63, 3.8) is 0 Å². The van der Waals surface area contributed by atoms with Crippen molar-refractivity contribution in [1.82, 2.24) is 0 Å². The number of benzene rings is 2. The quantitative estimate of drug-likeness (QED) is 0.767. The van der Waals surface area contributed by atoms with E-state index in [1.165, 1.54) is 24.3 Å². The third-order valence-electron chi connectivity index (χ3n) is 2.50. The molecule has 0 spiro atoms. The zero-order valence-corrected chi connectivity index (χ0v) is 9.11. The summed E-state index contributed by atoms with van der Waals surface area (Å²) in [5.41, 5.74) is 0.0424. The van der Waals surface area contributed by atoms with Gasteiger partial charge in [-0.05, 0) is 30.3 Å². The van der Waals surface area contributed by atoms with Crippen molar-refractivity contribution in [2.75, 3.05) is 0 Å². The fraction of sp³-hybridized carbons (Fsp3) is 0. The fourth-order valence-electron chi connectivity index (χ4n) is 1.68. The maximum atomic E-state index is 13.7. The Hall–Kier alpha value is -2.72. The highest BCUT2D eigenvalue weighted by molar-refractivity contribution is 5.72. The zero-order chi connectivity index (χ0) is 13.1. The minimum Gasteiger partial charge on any atom is -0.206 e. The third-order valence-corrected chi connectivity index (χ3v) is 2.50.